The van der Waals surface area contributed by atoms with Crippen molar-refractivity contribution in [3.63, 3.8) is 0 Å². The van der Waals surface area contributed by atoms with E-state index in [1.165, 1.54) is 22.6 Å². The Morgan fingerprint density at radius 3 is 2.62 bits per heavy atom. The number of hydrogen-bond donors (Lipinski definition) is 0. The average molecular weight is 455 g/mol. The number of aryl methyl sites for hydroxylation is 1. The van der Waals surface area contributed by atoms with Crippen LogP contribution >= 0.6 is 0 Å². The first-order valence-corrected chi connectivity index (χ1v) is 12.1. The number of rotatable bonds is 3. The van der Waals surface area contributed by atoms with Gasteiger partial charge in [-0.1, -0.05) is 12.8 Å². The number of fused-ring (bicyclic) bond motifs is 2. The predicted molar refractivity (Wildman–Crippen MR) is 120 cm³/mol. The van der Waals surface area contributed by atoms with Crippen molar-refractivity contribution in [1.82, 2.24) is 28.5 Å². The van der Waals surface area contributed by atoms with Crippen LogP contribution in [0.4, 0.5) is 4.39 Å². The molecule has 0 radical (unpaired) electrons. The minimum Gasteiger partial charge on any atom is -0.337 e. The molecule has 1 atom stereocenters. The van der Waals surface area contributed by atoms with E-state index >= 15 is 0 Å². The summed E-state index contributed by atoms with van der Waals surface area (Å²) in [7, 11) is -1.47. The Bertz CT molecular complexity index is 1370. The first-order chi connectivity index (χ1) is 15.4. The molecule has 8 nitrogen and oxygen atoms in total. The van der Waals surface area contributed by atoms with Crippen LogP contribution in [0, 0.1) is 12.7 Å². The molecule has 1 saturated heterocycles. The molecule has 1 unspecified atom stereocenters. The lowest BCUT2D eigenvalue weighted by Gasteiger charge is -2.20. The first kappa shape index (κ1) is 20.7. The van der Waals surface area contributed by atoms with Crippen molar-refractivity contribution in [2.45, 2.75) is 32.6 Å². The van der Waals surface area contributed by atoms with Crippen molar-refractivity contribution in [2.75, 3.05) is 19.3 Å². The van der Waals surface area contributed by atoms with E-state index in [-0.39, 0.29) is 5.91 Å². The predicted octanol–water partition coefficient (Wildman–Crippen LogP) is 3.35. The molecule has 5 rings (SSSR count). The zero-order valence-electron chi connectivity index (χ0n) is 17.9. The quantitative estimate of drug-likeness (QED) is 0.474. The number of aromatic nitrogens is 5. The third-order valence-corrected chi connectivity index (χ3v) is 6.65. The Kier molecular flexibility index (Phi) is 5.24. The van der Waals surface area contributed by atoms with Gasteiger partial charge in [-0.2, -0.15) is 9.19 Å². The molecule has 166 valence electrons. The Balaban J connectivity index is 1.69. The minimum atomic E-state index is -1.47. The highest BCUT2D eigenvalue weighted by atomic mass is 32.2. The van der Waals surface area contributed by atoms with E-state index in [1.54, 1.807) is 29.7 Å². The minimum absolute atomic E-state index is 0.120. The van der Waals surface area contributed by atoms with Gasteiger partial charge in [0, 0.05) is 31.2 Å². The summed E-state index contributed by atoms with van der Waals surface area (Å²) in [6, 6.07) is 4.59. The van der Waals surface area contributed by atoms with E-state index in [4.69, 9.17) is 0 Å². The maximum Gasteiger partial charge on any atom is 0.272 e. The molecule has 4 aromatic rings. The van der Waals surface area contributed by atoms with Gasteiger partial charge in [0.05, 0.1) is 22.8 Å². The molecule has 1 aliphatic heterocycles. The molecule has 5 heterocycles. The number of likely N-dealkylation sites (tertiary alicyclic amines) is 1. The zero-order chi connectivity index (χ0) is 22.4. The number of amides is 1. The van der Waals surface area contributed by atoms with Gasteiger partial charge < -0.3 is 4.90 Å². The SMILES string of the molecule is Cc1nc(C(=O)N2CCCCCC2)cc2c1c(-c1cnc3ccc(F)cn13)nn2S(C)=O. The number of pyridine rings is 2. The van der Waals surface area contributed by atoms with E-state index < -0.39 is 16.8 Å². The summed E-state index contributed by atoms with van der Waals surface area (Å²) in [5.41, 5.74) is 3.09. The van der Waals surface area contributed by atoms with Gasteiger partial charge in [-0.25, -0.2) is 18.6 Å². The molecule has 0 N–H and O–H groups in total. The highest BCUT2D eigenvalue weighted by Crippen LogP contribution is 2.31. The summed E-state index contributed by atoms with van der Waals surface area (Å²) < 4.78 is 29.4. The summed E-state index contributed by atoms with van der Waals surface area (Å²) in [6.07, 6.45) is 8.69. The van der Waals surface area contributed by atoms with Crippen LogP contribution in [0.1, 0.15) is 41.9 Å². The third-order valence-electron chi connectivity index (χ3n) is 5.88. The fraction of sp³-hybridized carbons (Fsp3) is 0.364. The Morgan fingerprint density at radius 1 is 1.16 bits per heavy atom. The molecule has 4 aromatic heterocycles. The van der Waals surface area contributed by atoms with Crippen molar-refractivity contribution in [3.8, 4) is 11.4 Å². The van der Waals surface area contributed by atoms with Gasteiger partial charge in [-0.3, -0.25) is 9.20 Å². The number of nitrogens with zero attached hydrogens (tertiary/aromatic N) is 6. The van der Waals surface area contributed by atoms with Gasteiger partial charge in [0.2, 0.25) is 0 Å². The second-order valence-corrected chi connectivity index (χ2v) is 9.25. The fourth-order valence-electron chi connectivity index (χ4n) is 4.34. The van der Waals surface area contributed by atoms with Crippen molar-refractivity contribution >= 4 is 33.4 Å². The lowest BCUT2D eigenvalue weighted by molar-refractivity contribution is 0.0755. The first-order valence-electron chi connectivity index (χ1n) is 10.6. The van der Waals surface area contributed by atoms with Crippen LogP contribution in [-0.4, -0.2) is 57.9 Å². The standard InChI is InChI=1S/C22H23FN6O2S/c1-14-20-17(11-16(25-14)22(30)27-9-5-3-4-6-10-27)29(32(2)31)26-21(20)18-12-24-19-8-7-15(23)13-28(18)19/h7-8,11-13H,3-6,9-10H2,1-2H3. The van der Waals surface area contributed by atoms with Crippen LogP contribution in [0.25, 0.3) is 27.9 Å². The van der Waals surface area contributed by atoms with E-state index in [9.17, 15) is 13.4 Å². The van der Waals surface area contributed by atoms with Crippen LogP contribution in [0.2, 0.25) is 0 Å². The molecule has 1 aliphatic rings. The smallest absolute Gasteiger partial charge is 0.272 e. The lowest BCUT2D eigenvalue weighted by atomic mass is 10.1. The van der Waals surface area contributed by atoms with E-state index in [0.29, 0.717) is 39.3 Å². The van der Waals surface area contributed by atoms with Crippen LogP contribution in [0.15, 0.2) is 30.6 Å². The summed E-state index contributed by atoms with van der Waals surface area (Å²) in [5.74, 6) is -0.523. The average Bonchev–Trinajstić information content (AvgIpc) is 3.24. The fourth-order valence-corrected chi connectivity index (χ4v) is 4.96. The van der Waals surface area contributed by atoms with Crippen molar-refractivity contribution in [3.05, 3.63) is 47.8 Å². The molecule has 32 heavy (non-hydrogen) atoms. The summed E-state index contributed by atoms with van der Waals surface area (Å²) in [5, 5.41) is 5.23. The maximum absolute atomic E-state index is 13.9. The summed E-state index contributed by atoms with van der Waals surface area (Å²) in [4.78, 5) is 24.0. The highest BCUT2D eigenvalue weighted by Gasteiger charge is 2.24. The number of hydrogen-bond acceptors (Lipinski definition) is 5. The van der Waals surface area contributed by atoms with E-state index in [0.717, 1.165) is 38.8 Å². The molecule has 0 aliphatic carbocycles. The summed E-state index contributed by atoms with van der Waals surface area (Å²) in [6.45, 7) is 3.24. The number of carbonyl (C=O) groups is 1. The maximum atomic E-state index is 13.9. The highest BCUT2D eigenvalue weighted by molar-refractivity contribution is 7.82. The Labute approximate surface area is 186 Å². The van der Waals surface area contributed by atoms with Crippen LogP contribution in [0.5, 0.6) is 0 Å². The molecule has 0 spiro atoms. The molecule has 1 amide bonds. The normalized spacial score (nSPS) is 15.9. The Morgan fingerprint density at radius 2 is 1.91 bits per heavy atom. The molecule has 0 saturated carbocycles. The molecule has 1 fully saturated rings. The van der Waals surface area contributed by atoms with Gasteiger partial charge >= 0.3 is 0 Å². The van der Waals surface area contributed by atoms with E-state index in [2.05, 4.69) is 15.1 Å². The second kappa shape index (κ2) is 8.09. The third kappa shape index (κ3) is 3.48. The van der Waals surface area contributed by atoms with Crippen molar-refractivity contribution < 1.29 is 13.4 Å². The van der Waals surface area contributed by atoms with Crippen molar-refractivity contribution in [1.29, 1.82) is 0 Å². The van der Waals surface area contributed by atoms with E-state index in [1.807, 2.05) is 4.90 Å². The Hall–Kier alpha value is -3.14. The number of imidazole rings is 1. The monoisotopic (exact) mass is 454 g/mol. The van der Waals surface area contributed by atoms with Gasteiger partial charge in [0.1, 0.15) is 33.8 Å². The van der Waals surface area contributed by atoms with Crippen LogP contribution in [-0.2, 0) is 11.0 Å². The van der Waals surface area contributed by atoms with Gasteiger partial charge in [0.15, 0.2) is 0 Å². The largest absolute Gasteiger partial charge is 0.337 e. The summed E-state index contributed by atoms with van der Waals surface area (Å²) >= 11 is 0. The van der Waals surface area contributed by atoms with Gasteiger partial charge in [-0.05, 0) is 38.0 Å². The molecule has 0 bridgehead atoms. The number of carbonyl (C=O) groups excluding carboxylic acids is 1. The van der Waals surface area contributed by atoms with Crippen molar-refractivity contribution in [2.24, 2.45) is 0 Å². The topological polar surface area (TPSA) is 85.4 Å². The molecule has 0 aromatic carbocycles. The molecular formula is C22H23FN6O2S. The molecule has 10 heteroatoms. The van der Waals surface area contributed by atoms with Gasteiger partial charge in [0.25, 0.3) is 5.91 Å². The second-order valence-electron chi connectivity index (χ2n) is 8.06. The zero-order valence-corrected chi connectivity index (χ0v) is 18.7. The van der Waals surface area contributed by atoms with Gasteiger partial charge in [-0.15, -0.1) is 0 Å². The molecular weight excluding hydrogens is 431 g/mol. The van der Waals surface area contributed by atoms with Crippen LogP contribution in [0.3, 0.4) is 0 Å². The van der Waals surface area contributed by atoms with Crippen LogP contribution < -0.4 is 0 Å². The lowest BCUT2D eigenvalue weighted by Crippen LogP contribution is -2.32. The number of halogens is 1.